The molecule has 0 amide bonds. The van der Waals surface area contributed by atoms with Gasteiger partial charge in [-0.05, 0) is 12.1 Å². The van der Waals surface area contributed by atoms with E-state index in [1.165, 1.54) is 12.1 Å². The number of ether oxygens (including phenoxy) is 1. The molecule has 0 spiro atoms. The molecule has 6 nitrogen and oxygen atoms in total. The third kappa shape index (κ3) is 2.87. The molecule has 0 unspecified atom stereocenters. The molecule has 1 N–H and O–H groups in total. The first-order valence-corrected chi connectivity index (χ1v) is 5.58. The number of rotatable bonds is 5. The van der Waals surface area contributed by atoms with Gasteiger partial charge in [0, 0.05) is 6.42 Å². The van der Waals surface area contributed by atoms with Gasteiger partial charge in [0.15, 0.2) is 24.0 Å². The van der Waals surface area contributed by atoms with Crippen molar-refractivity contribution < 1.29 is 23.6 Å². The highest BCUT2D eigenvalue weighted by molar-refractivity contribution is 5.90. The van der Waals surface area contributed by atoms with Crippen molar-refractivity contribution in [1.82, 2.24) is 10.1 Å². The van der Waals surface area contributed by atoms with E-state index < -0.39 is 11.8 Å². The van der Waals surface area contributed by atoms with Crippen LogP contribution < -0.4 is 4.74 Å². The highest BCUT2D eigenvalue weighted by Gasteiger charge is 2.16. The summed E-state index contributed by atoms with van der Waals surface area (Å²) in [4.78, 5) is 14.9. The fourth-order valence-electron chi connectivity index (χ4n) is 1.45. The number of nitrogens with zero attached hydrogens (tertiary/aromatic N) is 2. The Hall–Kier alpha value is -2.44. The number of hydrogen-bond donors (Lipinski definition) is 1. The quantitative estimate of drug-likeness (QED) is 0.891. The van der Waals surface area contributed by atoms with Gasteiger partial charge in [-0.15, -0.1) is 0 Å². The maximum atomic E-state index is 13.5. The molecule has 0 aliphatic heterocycles. The molecule has 0 radical (unpaired) electrons. The van der Waals surface area contributed by atoms with Crippen molar-refractivity contribution in [3.63, 3.8) is 0 Å². The molecule has 0 aliphatic carbocycles. The van der Waals surface area contributed by atoms with Crippen LogP contribution in [0.3, 0.4) is 0 Å². The summed E-state index contributed by atoms with van der Waals surface area (Å²) in [5.41, 5.74) is -0.254. The Morgan fingerprint density at radius 1 is 1.53 bits per heavy atom. The second-order valence-electron chi connectivity index (χ2n) is 3.67. The van der Waals surface area contributed by atoms with Crippen LogP contribution in [-0.4, -0.2) is 21.2 Å². The zero-order valence-electron chi connectivity index (χ0n) is 10.1. The van der Waals surface area contributed by atoms with Crippen LogP contribution in [-0.2, 0) is 13.0 Å². The Balaban J connectivity index is 2.17. The van der Waals surface area contributed by atoms with Crippen LogP contribution >= 0.6 is 0 Å². The van der Waals surface area contributed by atoms with Gasteiger partial charge < -0.3 is 14.4 Å². The zero-order valence-corrected chi connectivity index (χ0v) is 10.1. The Kier molecular flexibility index (Phi) is 3.74. The van der Waals surface area contributed by atoms with Crippen LogP contribution in [0.2, 0.25) is 0 Å². The molecule has 2 rings (SSSR count). The molecule has 1 heterocycles. The van der Waals surface area contributed by atoms with Gasteiger partial charge in [-0.1, -0.05) is 18.1 Å². The Bertz CT molecular complexity index is 597. The number of aromatic carboxylic acids is 1. The summed E-state index contributed by atoms with van der Waals surface area (Å²) < 4.78 is 23.5. The van der Waals surface area contributed by atoms with Gasteiger partial charge in [0.25, 0.3) is 5.89 Å². The molecule has 1 aromatic heterocycles. The molecule has 0 atom stereocenters. The fraction of sp³-hybridized carbons (Fsp3) is 0.250. The molecular weight excluding hydrogens is 255 g/mol. The summed E-state index contributed by atoms with van der Waals surface area (Å²) in [6, 6.07) is 3.67. The van der Waals surface area contributed by atoms with E-state index >= 15 is 0 Å². The standard InChI is InChI=1S/C12H11FN2O4/c1-2-9-14-10(19-15-9)6-18-11-7(12(16)17)4-3-5-8(11)13/h3-5H,2,6H2,1H3,(H,16,17). The lowest BCUT2D eigenvalue weighted by molar-refractivity contribution is 0.0689. The Morgan fingerprint density at radius 3 is 2.95 bits per heavy atom. The van der Waals surface area contributed by atoms with Gasteiger partial charge in [0.05, 0.1) is 0 Å². The van der Waals surface area contributed by atoms with Crippen LogP contribution in [0.1, 0.15) is 29.0 Å². The molecule has 0 fully saturated rings. The van der Waals surface area contributed by atoms with E-state index in [2.05, 4.69) is 10.1 Å². The van der Waals surface area contributed by atoms with E-state index in [4.69, 9.17) is 14.4 Å². The topological polar surface area (TPSA) is 85.5 Å². The van der Waals surface area contributed by atoms with Crippen molar-refractivity contribution in [1.29, 1.82) is 0 Å². The summed E-state index contributed by atoms with van der Waals surface area (Å²) in [5, 5.41) is 12.6. The lowest BCUT2D eigenvalue weighted by Gasteiger charge is -2.07. The number of benzene rings is 1. The van der Waals surface area contributed by atoms with Crippen LogP contribution in [0.25, 0.3) is 0 Å². The number of carboxylic acids is 1. The van der Waals surface area contributed by atoms with Crippen molar-refractivity contribution in [2.75, 3.05) is 0 Å². The van der Waals surface area contributed by atoms with Crippen molar-refractivity contribution in [3.05, 3.63) is 41.3 Å². The average Bonchev–Trinajstić information content (AvgIpc) is 2.85. The molecule has 0 saturated carbocycles. The Labute approximate surface area is 107 Å². The zero-order chi connectivity index (χ0) is 13.8. The van der Waals surface area contributed by atoms with E-state index in [0.717, 1.165) is 6.07 Å². The highest BCUT2D eigenvalue weighted by Crippen LogP contribution is 2.23. The summed E-state index contributed by atoms with van der Waals surface area (Å²) in [6.45, 7) is 1.67. The smallest absolute Gasteiger partial charge is 0.339 e. The largest absolute Gasteiger partial charge is 0.480 e. The predicted octanol–water partition coefficient (Wildman–Crippen LogP) is 2.05. The van der Waals surface area contributed by atoms with Gasteiger partial charge in [-0.3, -0.25) is 0 Å². The van der Waals surface area contributed by atoms with E-state index in [1.807, 2.05) is 6.92 Å². The minimum atomic E-state index is -1.27. The van der Waals surface area contributed by atoms with Crippen molar-refractivity contribution in [2.45, 2.75) is 20.0 Å². The number of halogens is 1. The molecule has 19 heavy (non-hydrogen) atoms. The maximum absolute atomic E-state index is 13.5. The van der Waals surface area contributed by atoms with Gasteiger partial charge >= 0.3 is 5.97 Å². The highest BCUT2D eigenvalue weighted by atomic mass is 19.1. The van der Waals surface area contributed by atoms with Crippen LogP contribution in [0, 0.1) is 5.82 Å². The number of carbonyl (C=O) groups is 1. The average molecular weight is 266 g/mol. The number of aromatic nitrogens is 2. The van der Waals surface area contributed by atoms with Gasteiger partial charge in [0.2, 0.25) is 0 Å². The first-order chi connectivity index (χ1) is 9.11. The minimum Gasteiger partial charge on any atom is -0.480 e. The second kappa shape index (κ2) is 5.47. The molecule has 100 valence electrons. The van der Waals surface area contributed by atoms with Crippen LogP contribution in [0.15, 0.2) is 22.7 Å². The molecule has 0 saturated heterocycles. The maximum Gasteiger partial charge on any atom is 0.339 e. The lowest BCUT2D eigenvalue weighted by Crippen LogP contribution is -2.05. The van der Waals surface area contributed by atoms with Crippen LogP contribution in [0.5, 0.6) is 5.75 Å². The van der Waals surface area contributed by atoms with Gasteiger partial charge in [0.1, 0.15) is 5.56 Å². The van der Waals surface area contributed by atoms with E-state index in [9.17, 15) is 9.18 Å². The lowest BCUT2D eigenvalue weighted by atomic mass is 10.2. The summed E-state index contributed by atoms with van der Waals surface area (Å²) in [7, 11) is 0. The molecule has 2 aromatic rings. The van der Waals surface area contributed by atoms with Gasteiger partial charge in [-0.2, -0.15) is 4.98 Å². The van der Waals surface area contributed by atoms with E-state index in [0.29, 0.717) is 12.2 Å². The third-order valence-corrected chi connectivity index (χ3v) is 2.36. The summed E-state index contributed by atoms with van der Waals surface area (Å²) in [6.07, 6.45) is 0.601. The molecule has 0 bridgehead atoms. The first-order valence-electron chi connectivity index (χ1n) is 5.58. The fourth-order valence-corrected chi connectivity index (χ4v) is 1.45. The van der Waals surface area contributed by atoms with E-state index in [-0.39, 0.29) is 23.8 Å². The SMILES string of the molecule is CCc1noc(COc2c(F)cccc2C(=O)O)n1. The minimum absolute atomic E-state index is 0.163. The molecule has 0 aliphatic rings. The third-order valence-electron chi connectivity index (χ3n) is 2.36. The second-order valence-corrected chi connectivity index (χ2v) is 3.67. The molecule has 1 aromatic carbocycles. The first kappa shape index (κ1) is 13.0. The van der Waals surface area contributed by atoms with Gasteiger partial charge in [-0.25, -0.2) is 9.18 Å². The van der Waals surface area contributed by atoms with Crippen molar-refractivity contribution in [2.24, 2.45) is 0 Å². The monoisotopic (exact) mass is 266 g/mol. The number of aryl methyl sites for hydroxylation is 1. The van der Waals surface area contributed by atoms with Crippen molar-refractivity contribution in [3.8, 4) is 5.75 Å². The van der Waals surface area contributed by atoms with E-state index in [1.54, 1.807) is 0 Å². The summed E-state index contributed by atoms with van der Waals surface area (Å²) in [5.74, 6) is -1.70. The predicted molar refractivity (Wildman–Crippen MR) is 61.4 cm³/mol. The molecular formula is C12H11FN2O4. The molecule has 7 heteroatoms. The van der Waals surface area contributed by atoms with Crippen LogP contribution in [0.4, 0.5) is 4.39 Å². The number of carboxylic acid groups (broad SMARTS) is 1. The number of para-hydroxylation sites is 1. The summed E-state index contributed by atoms with van der Waals surface area (Å²) >= 11 is 0. The Morgan fingerprint density at radius 2 is 2.32 bits per heavy atom. The van der Waals surface area contributed by atoms with Crippen molar-refractivity contribution >= 4 is 5.97 Å². The normalized spacial score (nSPS) is 10.4. The number of hydrogen-bond acceptors (Lipinski definition) is 5.